The number of hydrogen-bond acceptors (Lipinski definition) is 1. The van der Waals surface area contributed by atoms with Gasteiger partial charge in [-0.2, -0.15) is 0 Å². The Bertz CT molecular complexity index is 505. The van der Waals surface area contributed by atoms with Crippen LogP contribution in [0.5, 0.6) is 0 Å². The molecule has 0 unspecified atom stereocenters. The van der Waals surface area contributed by atoms with Crippen molar-refractivity contribution in [2.45, 2.75) is 26.3 Å². The second kappa shape index (κ2) is 4.14. The van der Waals surface area contributed by atoms with Crippen LogP contribution in [-0.4, -0.2) is 9.55 Å². The standard InChI is InChI=1S/C12H13N3/c1-3-4-7-15-9-14-11-6-5-10(13-2)8-12(11)15/h5-6,8-9H,3-4,7H2,1H3. The van der Waals surface area contributed by atoms with Crippen LogP contribution in [-0.2, 0) is 6.54 Å². The molecule has 0 bridgehead atoms. The number of fused-ring (bicyclic) bond motifs is 1. The lowest BCUT2D eigenvalue weighted by atomic mass is 10.2. The number of benzene rings is 1. The maximum atomic E-state index is 6.98. The fraction of sp³-hybridized carbons (Fsp3) is 0.333. The Morgan fingerprint density at radius 2 is 2.33 bits per heavy atom. The molecule has 1 aromatic heterocycles. The molecule has 0 saturated heterocycles. The molecular formula is C12H13N3. The quantitative estimate of drug-likeness (QED) is 0.694. The van der Waals surface area contributed by atoms with E-state index in [4.69, 9.17) is 6.57 Å². The minimum absolute atomic E-state index is 0.681. The summed E-state index contributed by atoms with van der Waals surface area (Å²) in [5.74, 6) is 0. The van der Waals surface area contributed by atoms with Gasteiger partial charge in [-0.25, -0.2) is 9.83 Å². The van der Waals surface area contributed by atoms with Gasteiger partial charge in [0.05, 0.1) is 23.9 Å². The topological polar surface area (TPSA) is 22.2 Å². The number of imidazole rings is 1. The van der Waals surface area contributed by atoms with E-state index < -0.39 is 0 Å². The Balaban J connectivity index is 2.43. The van der Waals surface area contributed by atoms with Gasteiger partial charge in [0.1, 0.15) is 0 Å². The molecule has 3 nitrogen and oxygen atoms in total. The Hall–Kier alpha value is -1.82. The van der Waals surface area contributed by atoms with E-state index in [0.717, 1.165) is 24.0 Å². The van der Waals surface area contributed by atoms with Crippen LogP contribution in [0, 0.1) is 6.57 Å². The molecule has 76 valence electrons. The molecule has 0 atom stereocenters. The van der Waals surface area contributed by atoms with Crippen LogP contribution < -0.4 is 0 Å². The maximum absolute atomic E-state index is 6.98. The Morgan fingerprint density at radius 3 is 3.07 bits per heavy atom. The van der Waals surface area contributed by atoms with Crippen LogP contribution in [0.1, 0.15) is 19.8 Å². The van der Waals surface area contributed by atoms with E-state index in [9.17, 15) is 0 Å². The average molecular weight is 199 g/mol. The second-order valence-corrected chi connectivity index (χ2v) is 3.58. The van der Waals surface area contributed by atoms with Crippen molar-refractivity contribution in [1.29, 1.82) is 0 Å². The first-order chi connectivity index (χ1) is 7.35. The van der Waals surface area contributed by atoms with E-state index in [0.29, 0.717) is 5.69 Å². The number of nitrogens with zero attached hydrogens (tertiary/aromatic N) is 3. The molecule has 0 aliphatic heterocycles. The molecule has 3 heteroatoms. The first-order valence-electron chi connectivity index (χ1n) is 5.17. The predicted molar refractivity (Wildman–Crippen MR) is 60.9 cm³/mol. The zero-order valence-corrected chi connectivity index (χ0v) is 8.77. The lowest BCUT2D eigenvalue weighted by Gasteiger charge is -2.02. The lowest BCUT2D eigenvalue weighted by Crippen LogP contribution is -1.94. The largest absolute Gasteiger partial charge is 0.332 e. The van der Waals surface area contributed by atoms with Gasteiger partial charge in [0.15, 0.2) is 5.69 Å². The highest BCUT2D eigenvalue weighted by molar-refractivity contribution is 5.79. The van der Waals surface area contributed by atoms with Gasteiger partial charge in [0.25, 0.3) is 0 Å². The van der Waals surface area contributed by atoms with E-state index in [1.165, 1.54) is 6.42 Å². The fourth-order valence-electron chi connectivity index (χ4n) is 1.62. The van der Waals surface area contributed by atoms with Crippen LogP contribution in [0.4, 0.5) is 5.69 Å². The third kappa shape index (κ3) is 1.84. The van der Waals surface area contributed by atoms with Crippen LogP contribution in [0.15, 0.2) is 24.5 Å². The normalized spacial score (nSPS) is 10.4. The van der Waals surface area contributed by atoms with Gasteiger partial charge in [0.2, 0.25) is 0 Å². The summed E-state index contributed by atoms with van der Waals surface area (Å²) in [5, 5.41) is 0. The van der Waals surface area contributed by atoms with Crippen molar-refractivity contribution >= 4 is 16.7 Å². The van der Waals surface area contributed by atoms with Crippen molar-refractivity contribution in [3.63, 3.8) is 0 Å². The van der Waals surface area contributed by atoms with Crippen molar-refractivity contribution in [3.8, 4) is 0 Å². The van der Waals surface area contributed by atoms with E-state index >= 15 is 0 Å². The Morgan fingerprint density at radius 1 is 1.47 bits per heavy atom. The minimum Gasteiger partial charge on any atom is -0.332 e. The highest BCUT2D eigenvalue weighted by Gasteiger charge is 2.02. The summed E-state index contributed by atoms with van der Waals surface area (Å²) < 4.78 is 2.12. The summed E-state index contributed by atoms with van der Waals surface area (Å²) >= 11 is 0. The van der Waals surface area contributed by atoms with E-state index in [-0.39, 0.29) is 0 Å². The molecule has 0 fully saturated rings. The van der Waals surface area contributed by atoms with Crippen molar-refractivity contribution in [1.82, 2.24) is 9.55 Å². The van der Waals surface area contributed by atoms with Gasteiger partial charge >= 0.3 is 0 Å². The summed E-state index contributed by atoms with van der Waals surface area (Å²) in [4.78, 5) is 7.74. The number of hydrogen-bond donors (Lipinski definition) is 0. The van der Waals surface area contributed by atoms with Gasteiger partial charge in [0, 0.05) is 6.54 Å². The fourth-order valence-corrected chi connectivity index (χ4v) is 1.62. The number of unbranched alkanes of at least 4 members (excludes halogenated alkanes) is 1. The molecule has 0 aliphatic rings. The molecule has 0 aliphatic carbocycles. The number of aromatic nitrogens is 2. The molecule has 0 amide bonds. The monoisotopic (exact) mass is 199 g/mol. The van der Waals surface area contributed by atoms with Gasteiger partial charge in [-0.05, 0) is 18.6 Å². The zero-order chi connectivity index (χ0) is 10.7. The predicted octanol–water partition coefficient (Wildman–Crippen LogP) is 3.39. The summed E-state index contributed by atoms with van der Waals surface area (Å²) in [5.41, 5.74) is 2.72. The Labute approximate surface area is 89.2 Å². The SMILES string of the molecule is [C-]#[N+]c1ccc2ncn(CCCC)c2c1. The van der Waals surface area contributed by atoms with Crippen LogP contribution in [0.2, 0.25) is 0 Å². The van der Waals surface area contributed by atoms with Gasteiger partial charge in [-0.1, -0.05) is 19.4 Å². The van der Waals surface area contributed by atoms with Crippen LogP contribution >= 0.6 is 0 Å². The highest BCUT2D eigenvalue weighted by atomic mass is 15.0. The van der Waals surface area contributed by atoms with Crippen LogP contribution in [0.3, 0.4) is 0 Å². The van der Waals surface area contributed by atoms with E-state index in [1.807, 2.05) is 24.5 Å². The minimum atomic E-state index is 0.681. The second-order valence-electron chi connectivity index (χ2n) is 3.58. The van der Waals surface area contributed by atoms with Crippen molar-refractivity contribution in [2.24, 2.45) is 0 Å². The molecule has 0 spiro atoms. The van der Waals surface area contributed by atoms with E-state index in [1.54, 1.807) is 0 Å². The van der Waals surface area contributed by atoms with Crippen LogP contribution in [0.25, 0.3) is 15.9 Å². The molecule has 0 saturated carbocycles. The van der Waals surface area contributed by atoms with Crippen molar-refractivity contribution in [2.75, 3.05) is 0 Å². The van der Waals surface area contributed by atoms with E-state index in [2.05, 4.69) is 21.3 Å². The number of rotatable bonds is 3. The molecule has 2 aromatic rings. The number of aryl methyl sites for hydroxylation is 1. The molecule has 1 heterocycles. The van der Waals surface area contributed by atoms with Crippen molar-refractivity contribution in [3.05, 3.63) is 35.9 Å². The highest BCUT2D eigenvalue weighted by Crippen LogP contribution is 2.20. The van der Waals surface area contributed by atoms with Gasteiger partial charge < -0.3 is 4.57 Å². The third-order valence-corrected chi connectivity index (χ3v) is 2.49. The summed E-state index contributed by atoms with van der Waals surface area (Å²) in [6.45, 7) is 10.1. The first kappa shape index (κ1) is 9.72. The van der Waals surface area contributed by atoms with Gasteiger partial charge in [-0.3, -0.25) is 0 Å². The Kier molecular flexibility index (Phi) is 2.68. The lowest BCUT2D eigenvalue weighted by molar-refractivity contribution is 0.646. The summed E-state index contributed by atoms with van der Waals surface area (Å²) in [6, 6.07) is 5.63. The first-order valence-corrected chi connectivity index (χ1v) is 5.17. The summed E-state index contributed by atoms with van der Waals surface area (Å²) in [6.07, 6.45) is 4.17. The third-order valence-electron chi connectivity index (χ3n) is 2.49. The molecule has 1 aromatic carbocycles. The molecule has 2 rings (SSSR count). The van der Waals surface area contributed by atoms with Crippen molar-refractivity contribution < 1.29 is 0 Å². The maximum Gasteiger partial charge on any atom is 0.189 e. The molecule has 0 N–H and O–H groups in total. The molecule has 0 radical (unpaired) electrons. The zero-order valence-electron chi connectivity index (χ0n) is 8.77. The molecular weight excluding hydrogens is 186 g/mol. The average Bonchev–Trinajstić information content (AvgIpc) is 2.68. The summed E-state index contributed by atoms with van der Waals surface area (Å²) in [7, 11) is 0. The molecule has 15 heavy (non-hydrogen) atoms. The smallest absolute Gasteiger partial charge is 0.189 e. The van der Waals surface area contributed by atoms with Gasteiger partial charge in [-0.15, -0.1) is 0 Å².